The molecule has 2 heterocycles. The van der Waals surface area contributed by atoms with E-state index in [0.29, 0.717) is 0 Å². The van der Waals surface area contributed by atoms with Crippen LogP contribution in [0, 0.1) is 0 Å². The van der Waals surface area contributed by atoms with Crippen molar-refractivity contribution in [1.82, 2.24) is 4.98 Å². The summed E-state index contributed by atoms with van der Waals surface area (Å²) in [4.78, 5) is 7.17. The molecular formula is C12H10Cl2N2. The predicted molar refractivity (Wildman–Crippen MR) is 68.9 cm³/mol. The van der Waals surface area contributed by atoms with Crippen LogP contribution >= 0.6 is 23.2 Å². The molecule has 1 aromatic heterocycles. The molecule has 1 N–H and O–H groups in total. The quantitative estimate of drug-likeness (QED) is 0.755. The number of alkyl halides is 2. The molecule has 0 fully saturated rings. The maximum Gasteiger partial charge on any atom is 0.151 e. The van der Waals surface area contributed by atoms with Gasteiger partial charge in [-0.15, -0.1) is 0 Å². The van der Waals surface area contributed by atoms with Crippen LogP contribution in [-0.4, -0.2) is 22.1 Å². The number of nitrogens with one attached hydrogen (secondary N) is 1. The normalized spacial score (nSPS) is 15.3. The highest BCUT2D eigenvalue weighted by Gasteiger charge is 2.22. The van der Waals surface area contributed by atoms with Gasteiger partial charge in [0.25, 0.3) is 0 Å². The fourth-order valence-electron chi connectivity index (χ4n) is 2.22. The lowest BCUT2D eigenvalue weighted by Crippen LogP contribution is -2.18. The topological polar surface area (TPSA) is 28.1 Å². The van der Waals surface area contributed by atoms with Crippen molar-refractivity contribution in [3.05, 3.63) is 35.5 Å². The van der Waals surface area contributed by atoms with Gasteiger partial charge in [-0.1, -0.05) is 41.4 Å². The molecule has 2 aromatic rings. The Labute approximate surface area is 103 Å². The first-order chi connectivity index (χ1) is 7.77. The molecule has 0 amide bonds. The summed E-state index contributed by atoms with van der Waals surface area (Å²) < 4.78 is 0. The number of rotatable bonds is 1. The summed E-state index contributed by atoms with van der Waals surface area (Å²) in [7, 11) is 0. The summed E-state index contributed by atoms with van der Waals surface area (Å²) in [6.45, 7) is 0.764. The lowest BCUT2D eigenvalue weighted by Gasteiger charge is -2.13. The van der Waals surface area contributed by atoms with Crippen molar-refractivity contribution in [2.75, 3.05) is 6.54 Å². The van der Waals surface area contributed by atoms with Gasteiger partial charge in [-0.25, -0.2) is 0 Å². The van der Waals surface area contributed by atoms with E-state index in [0.717, 1.165) is 29.9 Å². The third-order valence-corrected chi connectivity index (χ3v) is 3.33. The van der Waals surface area contributed by atoms with Crippen molar-refractivity contribution >= 4 is 39.8 Å². The van der Waals surface area contributed by atoms with Gasteiger partial charge in [-0.3, -0.25) is 4.99 Å². The minimum atomic E-state index is -0.563. The van der Waals surface area contributed by atoms with Crippen molar-refractivity contribution in [2.45, 2.75) is 11.3 Å². The van der Waals surface area contributed by atoms with E-state index in [1.807, 2.05) is 12.1 Å². The van der Waals surface area contributed by atoms with Crippen molar-refractivity contribution in [2.24, 2.45) is 4.99 Å². The monoisotopic (exact) mass is 252 g/mol. The number of aliphatic imine (C=N–C) groups is 1. The second kappa shape index (κ2) is 3.79. The van der Waals surface area contributed by atoms with Crippen molar-refractivity contribution < 1.29 is 0 Å². The van der Waals surface area contributed by atoms with E-state index < -0.39 is 4.84 Å². The fraction of sp³-hybridized carbons (Fsp3) is 0.250. The van der Waals surface area contributed by atoms with Crippen LogP contribution in [0.3, 0.4) is 0 Å². The number of aromatic nitrogens is 1. The summed E-state index contributed by atoms with van der Waals surface area (Å²) >= 11 is 11.9. The Bertz CT molecular complexity index is 569. The molecule has 4 heteroatoms. The zero-order valence-corrected chi connectivity index (χ0v) is 10.0. The smallest absolute Gasteiger partial charge is 0.151 e. The molecule has 2 nitrogen and oxygen atoms in total. The molecule has 0 aliphatic carbocycles. The third kappa shape index (κ3) is 1.45. The molecule has 1 aliphatic rings. The first kappa shape index (κ1) is 10.2. The Morgan fingerprint density at radius 1 is 1.25 bits per heavy atom. The van der Waals surface area contributed by atoms with Gasteiger partial charge in [-0.2, -0.15) is 0 Å². The van der Waals surface area contributed by atoms with Crippen LogP contribution in [0.2, 0.25) is 0 Å². The molecule has 1 aromatic carbocycles. The highest BCUT2D eigenvalue weighted by Crippen LogP contribution is 2.28. The highest BCUT2D eigenvalue weighted by atomic mass is 35.5. The number of hydrogen-bond acceptors (Lipinski definition) is 1. The zero-order valence-electron chi connectivity index (χ0n) is 8.50. The maximum atomic E-state index is 5.93. The maximum absolute atomic E-state index is 5.93. The largest absolute Gasteiger partial charge is 0.353 e. The van der Waals surface area contributed by atoms with E-state index in [2.05, 4.69) is 22.1 Å². The van der Waals surface area contributed by atoms with Gasteiger partial charge in [0.15, 0.2) is 4.84 Å². The number of aromatic amines is 1. The standard InChI is InChI=1S/C12H10Cl2N2/c13-12(14)11-10-8(5-6-15-11)7-3-1-2-4-9(7)16-10/h1-4,12,16H,5-6H2. The van der Waals surface area contributed by atoms with Gasteiger partial charge >= 0.3 is 0 Å². The summed E-state index contributed by atoms with van der Waals surface area (Å²) in [5, 5.41) is 1.25. The van der Waals surface area contributed by atoms with Crippen LogP contribution in [-0.2, 0) is 6.42 Å². The van der Waals surface area contributed by atoms with E-state index in [9.17, 15) is 0 Å². The first-order valence-electron chi connectivity index (χ1n) is 5.20. The van der Waals surface area contributed by atoms with E-state index in [4.69, 9.17) is 23.2 Å². The molecule has 0 bridgehead atoms. The Morgan fingerprint density at radius 3 is 2.88 bits per heavy atom. The van der Waals surface area contributed by atoms with Gasteiger partial charge < -0.3 is 4.98 Å². The molecule has 0 atom stereocenters. The second-order valence-corrected chi connectivity index (χ2v) is 4.94. The van der Waals surface area contributed by atoms with Gasteiger partial charge in [0, 0.05) is 17.4 Å². The van der Waals surface area contributed by atoms with Crippen LogP contribution < -0.4 is 0 Å². The van der Waals surface area contributed by atoms with Gasteiger partial charge in [0.05, 0.1) is 11.4 Å². The van der Waals surface area contributed by atoms with Crippen molar-refractivity contribution in [1.29, 1.82) is 0 Å². The summed E-state index contributed by atoms with van der Waals surface area (Å²) in [6.07, 6.45) is 0.948. The second-order valence-electron chi connectivity index (χ2n) is 3.84. The summed E-state index contributed by atoms with van der Waals surface area (Å²) in [6, 6.07) is 8.23. The van der Waals surface area contributed by atoms with Crippen molar-refractivity contribution in [3.8, 4) is 0 Å². The van der Waals surface area contributed by atoms with E-state index in [1.54, 1.807) is 0 Å². The molecule has 82 valence electrons. The number of H-pyrrole nitrogens is 1. The number of para-hydroxylation sites is 1. The van der Waals surface area contributed by atoms with Crippen LogP contribution in [0.25, 0.3) is 10.9 Å². The number of fused-ring (bicyclic) bond motifs is 3. The average Bonchev–Trinajstić information content (AvgIpc) is 2.67. The lowest BCUT2D eigenvalue weighted by atomic mass is 10.0. The van der Waals surface area contributed by atoms with Crippen LogP contribution in [0.5, 0.6) is 0 Å². The number of benzene rings is 1. The molecule has 0 saturated heterocycles. The minimum absolute atomic E-state index is 0.563. The highest BCUT2D eigenvalue weighted by molar-refractivity contribution is 6.56. The van der Waals surface area contributed by atoms with E-state index in [-0.39, 0.29) is 0 Å². The Morgan fingerprint density at radius 2 is 2.06 bits per heavy atom. The van der Waals surface area contributed by atoms with Gasteiger partial charge in [0.2, 0.25) is 0 Å². The Balaban J connectivity index is 2.27. The van der Waals surface area contributed by atoms with Crippen LogP contribution in [0.15, 0.2) is 29.3 Å². The van der Waals surface area contributed by atoms with Crippen molar-refractivity contribution in [3.63, 3.8) is 0 Å². The average molecular weight is 253 g/mol. The molecule has 0 saturated carbocycles. The summed E-state index contributed by atoms with van der Waals surface area (Å²) in [5.74, 6) is 0. The van der Waals surface area contributed by atoms with Gasteiger partial charge in [-0.05, 0) is 18.1 Å². The van der Waals surface area contributed by atoms with E-state index >= 15 is 0 Å². The number of nitrogens with zero attached hydrogens (tertiary/aromatic N) is 1. The summed E-state index contributed by atoms with van der Waals surface area (Å²) in [5.41, 5.74) is 4.17. The SMILES string of the molecule is ClC(Cl)C1=NCCc2c1[nH]c1ccccc21. The molecule has 16 heavy (non-hydrogen) atoms. The molecule has 0 unspecified atom stereocenters. The van der Waals surface area contributed by atoms with Crippen LogP contribution in [0.4, 0.5) is 0 Å². The zero-order chi connectivity index (χ0) is 11.1. The van der Waals surface area contributed by atoms with E-state index in [1.165, 1.54) is 10.9 Å². The fourth-order valence-corrected chi connectivity index (χ4v) is 2.58. The third-order valence-electron chi connectivity index (χ3n) is 2.92. The Kier molecular flexibility index (Phi) is 2.41. The molecule has 1 aliphatic heterocycles. The number of halogens is 2. The van der Waals surface area contributed by atoms with Crippen LogP contribution in [0.1, 0.15) is 11.3 Å². The van der Waals surface area contributed by atoms with Gasteiger partial charge in [0.1, 0.15) is 0 Å². The first-order valence-corrected chi connectivity index (χ1v) is 6.07. The minimum Gasteiger partial charge on any atom is -0.353 e. The number of hydrogen-bond donors (Lipinski definition) is 1. The molecular weight excluding hydrogens is 243 g/mol. The Hall–Kier alpha value is -0.990. The molecule has 0 spiro atoms. The molecule has 3 rings (SSSR count). The molecule has 0 radical (unpaired) electrons. The predicted octanol–water partition coefficient (Wildman–Crippen LogP) is 3.32. The lowest BCUT2D eigenvalue weighted by molar-refractivity contribution is 0.943.